The average molecular weight is 401 g/mol. The lowest BCUT2D eigenvalue weighted by molar-refractivity contribution is 0.569. The molecule has 2 rings (SSSR count). The van der Waals surface area contributed by atoms with Crippen molar-refractivity contribution in [3.8, 4) is 0 Å². The Morgan fingerprint density at radius 2 is 2.00 bits per heavy atom. The van der Waals surface area contributed by atoms with Gasteiger partial charge in [0, 0.05) is 34.8 Å². The summed E-state index contributed by atoms with van der Waals surface area (Å²) in [6, 6.07) is 4.62. The Hall–Kier alpha value is -0.680. The van der Waals surface area contributed by atoms with Gasteiger partial charge in [0.15, 0.2) is 0 Å². The molecule has 108 valence electrons. The molecule has 2 heterocycles. The molecule has 0 radical (unpaired) electrons. The van der Waals surface area contributed by atoms with Crippen LogP contribution in [-0.4, -0.2) is 27.9 Å². The lowest BCUT2D eigenvalue weighted by Gasteiger charge is -2.32. The van der Waals surface area contributed by atoms with Gasteiger partial charge in [0.1, 0.15) is 5.52 Å². The van der Waals surface area contributed by atoms with Gasteiger partial charge in [0.2, 0.25) is 0 Å². The van der Waals surface area contributed by atoms with E-state index in [9.17, 15) is 0 Å². The maximum absolute atomic E-state index is 4.57. The number of rotatable bonds is 6. The molecule has 0 aromatic carbocycles. The van der Waals surface area contributed by atoms with Crippen LogP contribution < -0.4 is 4.90 Å². The van der Waals surface area contributed by atoms with Crippen molar-refractivity contribution in [1.29, 1.82) is 0 Å². The van der Waals surface area contributed by atoms with Crippen LogP contribution >= 0.6 is 31.9 Å². The van der Waals surface area contributed by atoms with Gasteiger partial charge in [-0.3, -0.25) is 9.97 Å². The molecule has 0 saturated heterocycles. The Morgan fingerprint density at radius 1 is 1.25 bits per heavy atom. The highest BCUT2D eigenvalue weighted by molar-refractivity contribution is 9.10. The summed E-state index contributed by atoms with van der Waals surface area (Å²) in [5, 5.41) is 0.948. The van der Waals surface area contributed by atoms with E-state index in [-0.39, 0.29) is 0 Å². The smallest absolute Gasteiger partial charge is 0.112 e. The maximum atomic E-state index is 4.57. The normalized spacial score (nSPS) is 11.2. The zero-order chi connectivity index (χ0) is 14.5. The van der Waals surface area contributed by atoms with Crippen LogP contribution in [-0.2, 0) is 0 Å². The molecular formula is C15H19Br2N3. The van der Waals surface area contributed by atoms with Crippen molar-refractivity contribution in [2.75, 3.05) is 16.8 Å². The molecule has 0 fully saturated rings. The fourth-order valence-corrected chi connectivity index (χ4v) is 3.24. The van der Waals surface area contributed by atoms with Gasteiger partial charge in [0.25, 0.3) is 0 Å². The predicted molar refractivity (Wildman–Crippen MR) is 92.7 cm³/mol. The third-order valence-electron chi connectivity index (χ3n) is 3.54. The van der Waals surface area contributed by atoms with Crippen molar-refractivity contribution in [3.05, 3.63) is 29.0 Å². The molecule has 2 aromatic rings. The van der Waals surface area contributed by atoms with E-state index in [0.29, 0.717) is 6.04 Å². The first-order valence-electron chi connectivity index (χ1n) is 6.94. The number of pyridine rings is 2. The van der Waals surface area contributed by atoms with Gasteiger partial charge in [-0.05, 0) is 40.9 Å². The van der Waals surface area contributed by atoms with Crippen LogP contribution in [0.2, 0.25) is 0 Å². The minimum atomic E-state index is 0.531. The van der Waals surface area contributed by atoms with Crippen molar-refractivity contribution >= 4 is 48.6 Å². The van der Waals surface area contributed by atoms with Crippen LogP contribution in [0.25, 0.3) is 11.0 Å². The number of alkyl halides is 1. The molecule has 0 atom stereocenters. The first-order chi connectivity index (χ1) is 9.71. The van der Waals surface area contributed by atoms with Crippen LogP contribution in [0.3, 0.4) is 0 Å². The highest BCUT2D eigenvalue weighted by Crippen LogP contribution is 2.28. The monoisotopic (exact) mass is 399 g/mol. The van der Waals surface area contributed by atoms with Gasteiger partial charge < -0.3 is 4.90 Å². The molecule has 0 aliphatic heterocycles. The van der Waals surface area contributed by atoms with Crippen LogP contribution in [0.15, 0.2) is 29.0 Å². The van der Waals surface area contributed by atoms with E-state index < -0.39 is 0 Å². The fraction of sp³-hybridized carbons (Fsp3) is 0.467. The highest BCUT2D eigenvalue weighted by atomic mass is 79.9. The zero-order valence-corrected chi connectivity index (χ0v) is 15.0. The van der Waals surface area contributed by atoms with Crippen LogP contribution in [0, 0.1) is 0 Å². The van der Waals surface area contributed by atoms with Crippen molar-refractivity contribution < 1.29 is 0 Å². The average Bonchev–Trinajstić information content (AvgIpc) is 2.46. The number of aromatic nitrogens is 2. The third kappa shape index (κ3) is 3.31. The van der Waals surface area contributed by atoms with Crippen molar-refractivity contribution in [2.45, 2.75) is 32.7 Å². The molecule has 3 nitrogen and oxygen atoms in total. The standard InChI is InChI=1S/C15H19Br2N3/c1-3-12(4-2)20(8-6-16)14-5-7-18-13-9-11(17)10-19-15(13)14/h5,7,9-10,12H,3-4,6,8H2,1-2H3. The van der Waals surface area contributed by atoms with Gasteiger partial charge in [-0.1, -0.05) is 29.8 Å². The van der Waals surface area contributed by atoms with E-state index in [1.807, 2.05) is 18.5 Å². The summed E-state index contributed by atoms with van der Waals surface area (Å²) >= 11 is 7.02. The van der Waals surface area contributed by atoms with E-state index in [1.54, 1.807) is 0 Å². The van der Waals surface area contributed by atoms with Crippen molar-refractivity contribution in [2.24, 2.45) is 0 Å². The maximum Gasteiger partial charge on any atom is 0.112 e. The zero-order valence-electron chi connectivity index (χ0n) is 11.8. The SMILES string of the molecule is CCC(CC)N(CCBr)c1ccnc2cc(Br)cnc12. The summed E-state index contributed by atoms with van der Waals surface area (Å²) < 4.78 is 0.962. The molecule has 0 amide bonds. The van der Waals surface area contributed by atoms with E-state index in [1.165, 1.54) is 5.69 Å². The van der Waals surface area contributed by atoms with Gasteiger partial charge >= 0.3 is 0 Å². The molecule has 0 saturated carbocycles. The van der Waals surface area contributed by atoms with Crippen LogP contribution in [0.4, 0.5) is 5.69 Å². The first-order valence-corrected chi connectivity index (χ1v) is 8.85. The van der Waals surface area contributed by atoms with Crippen molar-refractivity contribution in [3.63, 3.8) is 0 Å². The molecule has 5 heteroatoms. The second kappa shape index (κ2) is 7.36. The highest BCUT2D eigenvalue weighted by Gasteiger charge is 2.18. The molecule has 0 aliphatic carbocycles. The largest absolute Gasteiger partial charge is 0.366 e. The number of anilines is 1. The van der Waals surface area contributed by atoms with Gasteiger partial charge in [-0.15, -0.1) is 0 Å². The Labute approximate surface area is 137 Å². The molecular weight excluding hydrogens is 382 g/mol. The molecule has 2 aromatic heterocycles. The van der Waals surface area contributed by atoms with Gasteiger partial charge in [-0.25, -0.2) is 0 Å². The summed E-state index contributed by atoms with van der Waals surface area (Å²) in [5.41, 5.74) is 3.08. The second-order valence-corrected chi connectivity index (χ2v) is 6.41. The third-order valence-corrected chi connectivity index (χ3v) is 4.33. The Bertz CT molecular complexity index is 570. The second-order valence-electron chi connectivity index (χ2n) is 4.70. The summed E-state index contributed by atoms with van der Waals surface area (Å²) in [4.78, 5) is 11.4. The number of halogens is 2. The van der Waals surface area contributed by atoms with E-state index in [2.05, 4.69) is 66.6 Å². The predicted octanol–water partition coefficient (Wildman–Crippen LogP) is 4.78. The van der Waals surface area contributed by atoms with Gasteiger partial charge in [-0.2, -0.15) is 0 Å². The Morgan fingerprint density at radius 3 is 2.65 bits per heavy atom. The lowest BCUT2D eigenvalue weighted by atomic mass is 10.1. The molecule has 0 aliphatic rings. The molecule has 0 bridgehead atoms. The summed E-state index contributed by atoms with van der Waals surface area (Å²) in [6.07, 6.45) is 5.97. The number of hydrogen-bond acceptors (Lipinski definition) is 3. The lowest BCUT2D eigenvalue weighted by Crippen LogP contribution is -2.36. The van der Waals surface area contributed by atoms with Gasteiger partial charge in [0.05, 0.1) is 11.2 Å². The molecule has 0 unspecified atom stereocenters. The van der Waals surface area contributed by atoms with E-state index >= 15 is 0 Å². The number of hydrogen-bond donors (Lipinski definition) is 0. The van der Waals surface area contributed by atoms with Crippen LogP contribution in [0.1, 0.15) is 26.7 Å². The summed E-state index contributed by atoms with van der Waals surface area (Å²) in [7, 11) is 0. The molecule has 20 heavy (non-hydrogen) atoms. The quantitative estimate of drug-likeness (QED) is 0.653. The molecule has 0 spiro atoms. The van der Waals surface area contributed by atoms with Crippen molar-refractivity contribution in [1.82, 2.24) is 9.97 Å². The minimum Gasteiger partial charge on any atom is -0.366 e. The Kier molecular flexibility index (Phi) is 5.78. The van der Waals surface area contributed by atoms with Crippen LogP contribution in [0.5, 0.6) is 0 Å². The minimum absolute atomic E-state index is 0.531. The summed E-state index contributed by atoms with van der Waals surface area (Å²) in [5.74, 6) is 0. The first kappa shape index (κ1) is 15.7. The van der Waals surface area contributed by atoms with E-state index in [4.69, 9.17) is 0 Å². The summed E-state index contributed by atoms with van der Waals surface area (Å²) in [6.45, 7) is 5.45. The van der Waals surface area contributed by atoms with E-state index in [0.717, 1.165) is 40.2 Å². The number of fused-ring (bicyclic) bond motifs is 1. The number of nitrogens with zero attached hydrogens (tertiary/aromatic N) is 3. The molecule has 0 N–H and O–H groups in total. The topological polar surface area (TPSA) is 29.0 Å². The Balaban J connectivity index is 2.52. The fourth-order valence-electron chi connectivity index (χ4n) is 2.54.